The maximum Gasteiger partial charge on any atom is 0.331 e. The molecule has 0 bridgehead atoms. The maximum absolute atomic E-state index is 13.6. The van der Waals surface area contributed by atoms with E-state index in [9.17, 15) is 24.8 Å². The van der Waals surface area contributed by atoms with Crippen molar-refractivity contribution in [3.8, 4) is 17.0 Å². The SMILES string of the molecule is Cn1c(=O)c2c(-c3cccc([N+](=O)[O-])c3)n3c(c2n(C)c1=O)C(c1ccc(O)cc1)OCC3(C)C. The van der Waals surface area contributed by atoms with Crippen LogP contribution in [0.1, 0.15) is 31.2 Å². The van der Waals surface area contributed by atoms with Crippen LogP contribution in [0, 0.1) is 10.1 Å². The zero-order valence-corrected chi connectivity index (χ0v) is 19.7. The van der Waals surface area contributed by atoms with Crippen LogP contribution in [-0.4, -0.2) is 30.3 Å². The summed E-state index contributed by atoms with van der Waals surface area (Å²) in [5.41, 5.74) is 0.985. The molecule has 10 nitrogen and oxygen atoms in total. The number of hydrogen-bond acceptors (Lipinski definition) is 6. The molecule has 1 atom stereocenters. The first kappa shape index (κ1) is 22.6. The first-order valence-electron chi connectivity index (χ1n) is 11.0. The molecule has 0 spiro atoms. The van der Waals surface area contributed by atoms with Gasteiger partial charge in [-0.05, 0) is 31.5 Å². The summed E-state index contributed by atoms with van der Waals surface area (Å²) in [5, 5.41) is 21.6. The van der Waals surface area contributed by atoms with Crippen molar-refractivity contribution in [2.45, 2.75) is 25.5 Å². The summed E-state index contributed by atoms with van der Waals surface area (Å²) >= 11 is 0. The predicted octanol–water partition coefficient (Wildman–Crippen LogP) is 3.17. The smallest absolute Gasteiger partial charge is 0.331 e. The lowest BCUT2D eigenvalue weighted by atomic mass is 9.98. The number of phenols is 1. The summed E-state index contributed by atoms with van der Waals surface area (Å²) in [6, 6.07) is 12.7. The van der Waals surface area contributed by atoms with Crippen LogP contribution in [0.3, 0.4) is 0 Å². The molecule has 1 aliphatic heterocycles. The van der Waals surface area contributed by atoms with E-state index in [-0.39, 0.29) is 23.4 Å². The van der Waals surface area contributed by atoms with Crippen LogP contribution in [0.5, 0.6) is 5.75 Å². The summed E-state index contributed by atoms with van der Waals surface area (Å²) in [4.78, 5) is 37.6. The van der Waals surface area contributed by atoms with Gasteiger partial charge in [0.2, 0.25) is 0 Å². The van der Waals surface area contributed by atoms with E-state index < -0.39 is 27.8 Å². The van der Waals surface area contributed by atoms with Gasteiger partial charge in [0.05, 0.1) is 39.4 Å². The number of rotatable bonds is 3. The molecule has 0 saturated heterocycles. The fraction of sp³-hybridized carbons (Fsp3) is 0.280. The average molecular weight is 476 g/mol. The molecule has 4 aromatic rings. The Morgan fingerprint density at radius 3 is 2.43 bits per heavy atom. The maximum atomic E-state index is 13.6. The summed E-state index contributed by atoms with van der Waals surface area (Å²) in [5.74, 6) is 0.101. The van der Waals surface area contributed by atoms with E-state index in [0.717, 1.165) is 10.1 Å². The van der Waals surface area contributed by atoms with Crippen molar-refractivity contribution in [3.05, 3.63) is 90.7 Å². The lowest BCUT2D eigenvalue weighted by Gasteiger charge is -2.39. The van der Waals surface area contributed by atoms with Crippen LogP contribution >= 0.6 is 0 Å². The van der Waals surface area contributed by atoms with Gasteiger partial charge in [-0.1, -0.05) is 24.3 Å². The van der Waals surface area contributed by atoms with E-state index in [4.69, 9.17) is 4.74 Å². The van der Waals surface area contributed by atoms with E-state index in [1.807, 2.05) is 18.4 Å². The topological polar surface area (TPSA) is 122 Å². The fourth-order valence-electron chi connectivity index (χ4n) is 4.94. The first-order chi connectivity index (χ1) is 16.5. The monoisotopic (exact) mass is 476 g/mol. The standard InChI is InChI=1S/C25H24N4O6/c1-25(2)13-35-22(14-8-10-17(30)11-9-14)21-20-18(23(31)27(4)24(32)26(20)3)19(28(21)25)15-6-5-7-16(12-15)29(33)34/h5-12,22,30H,13H2,1-4H3. The average Bonchev–Trinajstić information content (AvgIpc) is 3.20. The number of non-ortho nitro benzene ring substituents is 1. The van der Waals surface area contributed by atoms with Crippen molar-refractivity contribution in [2.24, 2.45) is 14.1 Å². The second-order valence-electron chi connectivity index (χ2n) is 9.40. The predicted molar refractivity (Wildman–Crippen MR) is 130 cm³/mol. The Bertz CT molecular complexity index is 1630. The molecule has 0 radical (unpaired) electrons. The number of benzene rings is 2. The second-order valence-corrected chi connectivity index (χ2v) is 9.40. The third kappa shape index (κ3) is 3.28. The molecule has 10 heteroatoms. The van der Waals surface area contributed by atoms with Gasteiger partial charge in [-0.15, -0.1) is 0 Å². The molecule has 3 heterocycles. The molecule has 180 valence electrons. The lowest BCUT2D eigenvalue weighted by molar-refractivity contribution is -0.384. The lowest BCUT2D eigenvalue weighted by Crippen LogP contribution is -2.40. The Labute approximate surface area is 199 Å². The molecule has 35 heavy (non-hydrogen) atoms. The summed E-state index contributed by atoms with van der Waals surface area (Å²) in [6.07, 6.45) is -0.642. The molecule has 1 N–H and O–H groups in total. The number of hydrogen-bond donors (Lipinski definition) is 1. The quantitative estimate of drug-likeness (QED) is 0.358. The number of aromatic nitrogens is 3. The Hall–Kier alpha value is -4.18. The molecule has 0 amide bonds. The van der Waals surface area contributed by atoms with Crippen molar-refractivity contribution in [3.63, 3.8) is 0 Å². The van der Waals surface area contributed by atoms with Crippen LogP contribution in [0.25, 0.3) is 22.2 Å². The van der Waals surface area contributed by atoms with Gasteiger partial charge in [-0.2, -0.15) is 0 Å². The number of fused-ring (bicyclic) bond motifs is 3. The number of phenolic OH excluding ortho intramolecular Hbond substituents is 1. The molecule has 0 aliphatic carbocycles. The molecule has 2 aromatic carbocycles. The zero-order valence-electron chi connectivity index (χ0n) is 19.7. The number of nitro benzene ring substituents is 1. The highest BCUT2D eigenvalue weighted by atomic mass is 16.6. The second kappa shape index (κ2) is 7.67. The third-order valence-corrected chi connectivity index (χ3v) is 6.59. The third-order valence-electron chi connectivity index (χ3n) is 6.59. The van der Waals surface area contributed by atoms with Crippen molar-refractivity contribution in [2.75, 3.05) is 6.61 Å². The van der Waals surface area contributed by atoms with Crippen LogP contribution in [-0.2, 0) is 24.4 Å². The van der Waals surface area contributed by atoms with Crippen molar-refractivity contribution in [1.29, 1.82) is 0 Å². The van der Waals surface area contributed by atoms with E-state index in [0.29, 0.717) is 22.5 Å². The number of nitro groups is 1. The van der Waals surface area contributed by atoms with Crippen LogP contribution < -0.4 is 11.2 Å². The van der Waals surface area contributed by atoms with Gasteiger partial charge in [-0.25, -0.2) is 4.79 Å². The molecule has 0 fully saturated rings. The highest BCUT2D eigenvalue weighted by molar-refractivity contribution is 5.97. The summed E-state index contributed by atoms with van der Waals surface area (Å²) < 4.78 is 10.7. The van der Waals surface area contributed by atoms with Gasteiger partial charge in [0.1, 0.15) is 11.9 Å². The minimum Gasteiger partial charge on any atom is -0.508 e. The Morgan fingerprint density at radius 1 is 1.09 bits per heavy atom. The van der Waals surface area contributed by atoms with Crippen molar-refractivity contribution in [1.82, 2.24) is 13.7 Å². The largest absolute Gasteiger partial charge is 0.508 e. The molecule has 5 rings (SSSR count). The molecule has 1 unspecified atom stereocenters. The van der Waals surface area contributed by atoms with E-state index in [2.05, 4.69) is 0 Å². The molecular weight excluding hydrogens is 452 g/mol. The van der Waals surface area contributed by atoms with E-state index >= 15 is 0 Å². The number of aromatic hydroxyl groups is 1. The zero-order chi connectivity index (χ0) is 25.2. The fourth-order valence-corrected chi connectivity index (χ4v) is 4.94. The van der Waals surface area contributed by atoms with Gasteiger partial charge < -0.3 is 14.4 Å². The minimum absolute atomic E-state index is 0.101. The van der Waals surface area contributed by atoms with E-state index in [1.54, 1.807) is 43.4 Å². The number of nitrogens with zero attached hydrogens (tertiary/aromatic N) is 4. The molecule has 2 aromatic heterocycles. The van der Waals surface area contributed by atoms with Gasteiger partial charge >= 0.3 is 5.69 Å². The Morgan fingerprint density at radius 2 is 1.77 bits per heavy atom. The molecule has 0 saturated carbocycles. The minimum atomic E-state index is -0.650. The number of ether oxygens (including phenoxy) is 1. The van der Waals surface area contributed by atoms with Gasteiger partial charge in [0.15, 0.2) is 0 Å². The van der Waals surface area contributed by atoms with Crippen molar-refractivity contribution < 1.29 is 14.8 Å². The van der Waals surface area contributed by atoms with Gasteiger partial charge in [-0.3, -0.25) is 24.0 Å². The van der Waals surface area contributed by atoms with Gasteiger partial charge in [0, 0.05) is 31.8 Å². The summed E-state index contributed by atoms with van der Waals surface area (Å²) in [6.45, 7) is 4.18. The first-order valence-corrected chi connectivity index (χ1v) is 11.0. The summed E-state index contributed by atoms with van der Waals surface area (Å²) in [7, 11) is 3.01. The Kier molecular flexibility index (Phi) is 4.95. The number of aryl methyl sites for hydroxylation is 1. The Balaban J connectivity index is 2.00. The highest BCUT2D eigenvalue weighted by Gasteiger charge is 2.40. The van der Waals surface area contributed by atoms with Crippen LogP contribution in [0.4, 0.5) is 5.69 Å². The molecule has 1 aliphatic rings. The van der Waals surface area contributed by atoms with Gasteiger partial charge in [0.25, 0.3) is 11.2 Å². The van der Waals surface area contributed by atoms with E-state index in [1.165, 1.54) is 23.7 Å². The van der Waals surface area contributed by atoms with Crippen LogP contribution in [0.2, 0.25) is 0 Å². The molecular formula is C25H24N4O6. The van der Waals surface area contributed by atoms with Crippen molar-refractivity contribution >= 4 is 16.6 Å². The highest BCUT2D eigenvalue weighted by Crippen LogP contribution is 2.45. The van der Waals surface area contributed by atoms with Crippen LogP contribution in [0.15, 0.2) is 58.1 Å². The normalized spacial score (nSPS) is 16.9.